The lowest BCUT2D eigenvalue weighted by molar-refractivity contribution is -0.127. The summed E-state index contributed by atoms with van der Waals surface area (Å²) in [6.07, 6.45) is 0. The van der Waals surface area contributed by atoms with Crippen molar-refractivity contribution in [3.63, 3.8) is 0 Å². The highest BCUT2D eigenvalue weighted by atomic mass is 16.2. The van der Waals surface area contributed by atoms with E-state index in [4.69, 9.17) is 5.73 Å². The van der Waals surface area contributed by atoms with Crippen molar-refractivity contribution in [2.75, 3.05) is 20.6 Å². The molecule has 0 aromatic heterocycles. The fraction of sp³-hybridized carbons (Fsp3) is 0.562. The summed E-state index contributed by atoms with van der Waals surface area (Å²) in [5.41, 5.74) is 6.05. The highest BCUT2D eigenvalue weighted by Crippen LogP contribution is 2.18. The summed E-state index contributed by atoms with van der Waals surface area (Å²) in [5, 5.41) is 3.08. The summed E-state index contributed by atoms with van der Waals surface area (Å²) in [6, 6.07) is 9.57. The van der Waals surface area contributed by atoms with Crippen molar-refractivity contribution in [3.8, 4) is 0 Å². The number of rotatable bonds is 6. The largest absolute Gasteiger partial charge is 0.350 e. The quantitative estimate of drug-likeness (QED) is 0.829. The van der Waals surface area contributed by atoms with E-state index in [-0.39, 0.29) is 11.9 Å². The number of likely N-dealkylation sites (N-methyl/N-ethyl adjacent to an activating group) is 1. The van der Waals surface area contributed by atoms with E-state index in [2.05, 4.69) is 24.1 Å². The van der Waals surface area contributed by atoms with Gasteiger partial charge < -0.3 is 16.0 Å². The van der Waals surface area contributed by atoms with E-state index in [9.17, 15) is 4.79 Å². The smallest absolute Gasteiger partial charge is 0.244 e. The van der Waals surface area contributed by atoms with Gasteiger partial charge in [-0.3, -0.25) is 4.79 Å². The third kappa shape index (κ3) is 4.32. The molecule has 1 rings (SSSR count). The predicted molar refractivity (Wildman–Crippen MR) is 83.3 cm³/mol. The Balaban J connectivity index is 2.83. The van der Waals surface area contributed by atoms with E-state index in [1.54, 1.807) is 6.92 Å². The van der Waals surface area contributed by atoms with Gasteiger partial charge in [0.2, 0.25) is 5.91 Å². The van der Waals surface area contributed by atoms with Gasteiger partial charge in [-0.25, -0.2) is 0 Å². The first kappa shape index (κ1) is 16.7. The molecule has 0 heterocycles. The molecule has 0 saturated carbocycles. The lowest BCUT2D eigenvalue weighted by atomic mass is 9.91. The Kier molecular flexibility index (Phi) is 5.72. The first-order chi connectivity index (χ1) is 9.25. The number of hydrogen-bond donors (Lipinski definition) is 2. The molecule has 0 bridgehead atoms. The third-order valence-electron chi connectivity index (χ3n) is 3.53. The van der Waals surface area contributed by atoms with Gasteiger partial charge in [-0.05, 0) is 32.5 Å². The van der Waals surface area contributed by atoms with Crippen LogP contribution in [0.2, 0.25) is 0 Å². The van der Waals surface area contributed by atoms with Gasteiger partial charge >= 0.3 is 0 Å². The molecule has 0 fully saturated rings. The zero-order valence-electron chi connectivity index (χ0n) is 13.2. The van der Waals surface area contributed by atoms with Crippen molar-refractivity contribution in [1.29, 1.82) is 0 Å². The van der Waals surface area contributed by atoms with Gasteiger partial charge in [0.25, 0.3) is 0 Å². The number of amides is 1. The summed E-state index contributed by atoms with van der Waals surface area (Å²) in [5.74, 6) is 0.220. The maximum atomic E-state index is 12.5. The average molecular weight is 277 g/mol. The van der Waals surface area contributed by atoms with E-state index in [1.807, 2.05) is 44.4 Å². The summed E-state index contributed by atoms with van der Waals surface area (Å²) < 4.78 is 0. The molecule has 0 spiro atoms. The Morgan fingerprint density at radius 3 is 2.30 bits per heavy atom. The Bertz CT molecular complexity index is 427. The molecule has 0 aliphatic rings. The van der Waals surface area contributed by atoms with Crippen molar-refractivity contribution in [3.05, 3.63) is 35.9 Å². The molecular formula is C16H27N3O. The second kappa shape index (κ2) is 6.86. The predicted octanol–water partition coefficient (Wildman–Crippen LogP) is 1.56. The van der Waals surface area contributed by atoms with E-state index >= 15 is 0 Å². The van der Waals surface area contributed by atoms with Crippen LogP contribution in [0.15, 0.2) is 30.3 Å². The highest BCUT2D eigenvalue weighted by molar-refractivity contribution is 5.87. The van der Waals surface area contributed by atoms with Crippen LogP contribution in [0.25, 0.3) is 0 Å². The molecule has 2 atom stereocenters. The lowest BCUT2D eigenvalue weighted by Crippen LogP contribution is -2.55. The number of nitrogens with one attached hydrogen (secondary N) is 1. The molecule has 3 N–H and O–H groups in total. The van der Waals surface area contributed by atoms with Crippen LogP contribution in [0.4, 0.5) is 0 Å². The molecule has 4 heteroatoms. The molecule has 4 nitrogen and oxygen atoms in total. The maximum Gasteiger partial charge on any atom is 0.244 e. The summed E-state index contributed by atoms with van der Waals surface area (Å²) in [6.45, 7) is 6.76. The van der Waals surface area contributed by atoms with Crippen LogP contribution in [0.1, 0.15) is 26.3 Å². The minimum atomic E-state index is -1.01. The minimum Gasteiger partial charge on any atom is -0.350 e. The maximum absolute atomic E-state index is 12.5. The monoisotopic (exact) mass is 277 g/mol. The van der Waals surface area contributed by atoms with Gasteiger partial charge in [0.15, 0.2) is 0 Å². The molecule has 20 heavy (non-hydrogen) atoms. The third-order valence-corrected chi connectivity index (χ3v) is 3.53. The van der Waals surface area contributed by atoms with Crippen LogP contribution < -0.4 is 11.1 Å². The Morgan fingerprint density at radius 1 is 1.30 bits per heavy atom. The molecule has 1 aromatic rings. The number of nitrogens with zero attached hydrogens (tertiary/aromatic N) is 1. The van der Waals surface area contributed by atoms with Crippen LogP contribution in [0, 0.1) is 5.92 Å². The number of benzene rings is 1. The Labute approximate surface area is 122 Å². The van der Waals surface area contributed by atoms with Crippen LogP contribution >= 0.6 is 0 Å². The van der Waals surface area contributed by atoms with Crippen molar-refractivity contribution in [2.24, 2.45) is 11.7 Å². The highest BCUT2D eigenvalue weighted by Gasteiger charge is 2.32. The molecule has 0 aliphatic carbocycles. The minimum absolute atomic E-state index is 0.0871. The molecule has 0 aliphatic heterocycles. The number of carbonyl (C=O) groups is 1. The molecular weight excluding hydrogens is 250 g/mol. The zero-order chi connectivity index (χ0) is 15.3. The van der Waals surface area contributed by atoms with Crippen LogP contribution in [-0.2, 0) is 10.3 Å². The van der Waals surface area contributed by atoms with Gasteiger partial charge in [-0.15, -0.1) is 0 Å². The standard InChI is InChI=1S/C16H27N3O/c1-12(2)14(11-19(4)5)18-15(20)16(3,17)13-9-7-6-8-10-13/h6-10,12,14H,11,17H2,1-5H3,(H,18,20). The first-order valence-corrected chi connectivity index (χ1v) is 7.05. The van der Waals surface area contributed by atoms with Gasteiger partial charge in [-0.2, -0.15) is 0 Å². The van der Waals surface area contributed by atoms with E-state index in [0.717, 1.165) is 12.1 Å². The van der Waals surface area contributed by atoms with Gasteiger partial charge in [-0.1, -0.05) is 44.2 Å². The normalized spacial score (nSPS) is 16.0. The molecule has 1 aromatic carbocycles. The fourth-order valence-corrected chi connectivity index (χ4v) is 2.05. The summed E-state index contributed by atoms with van der Waals surface area (Å²) in [4.78, 5) is 14.6. The topological polar surface area (TPSA) is 58.4 Å². The van der Waals surface area contributed by atoms with Crippen LogP contribution in [0.5, 0.6) is 0 Å². The van der Waals surface area contributed by atoms with E-state index in [0.29, 0.717) is 5.92 Å². The van der Waals surface area contributed by atoms with E-state index < -0.39 is 5.54 Å². The molecule has 112 valence electrons. The van der Waals surface area contributed by atoms with Crippen molar-refractivity contribution in [1.82, 2.24) is 10.2 Å². The van der Waals surface area contributed by atoms with E-state index in [1.165, 1.54) is 0 Å². The first-order valence-electron chi connectivity index (χ1n) is 7.05. The van der Waals surface area contributed by atoms with Crippen molar-refractivity contribution in [2.45, 2.75) is 32.4 Å². The summed E-state index contributed by atoms with van der Waals surface area (Å²) >= 11 is 0. The lowest BCUT2D eigenvalue weighted by Gasteiger charge is -2.31. The number of hydrogen-bond acceptors (Lipinski definition) is 3. The second-order valence-corrected chi connectivity index (χ2v) is 6.15. The Hall–Kier alpha value is -1.39. The zero-order valence-corrected chi connectivity index (χ0v) is 13.2. The fourth-order valence-electron chi connectivity index (χ4n) is 2.05. The molecule has 1 amide bonds. The molecule has 0 saturated heterocycles. The number of nitrogens with two attached hydrogens (primary N) is 1. The Morgan fingerprint density at radius 2 is 1.85 bits per heavy atom. The van der Waals surface area contributed by atoms with Crippen molar-refractivity contribution < 1.29 is 4.79 Å². The molecule has 0 radical (unpaired) electrons. The summed E-state index contributed by atoms with van der Waals surface area (Å²) in [7, 11) is 4.00. The van der Waals surface area contributed by atoms with Gasteiger partial charge in [0, 0.05) is 12.6 Å². The number of carbonyl (C=O) groups excluding carboxylic acids is 1. The van der Waals surface area contributed by atoms with Crippen LogP contribution in [0.3, 0.4) is 0 Å². The van der Waals surface area contributed by atoms with Gasteiger partial charge in [0.1, 0.15) is 5.54 Å². The van der Waals surface area contributed by atoms with Crippen molar-refractivity contribution >= 4 is 5.91 Å². The van der Waals surface area contributed by atoms with Gasteiger partial charge in [0.05, 0.1) is 0 Å². The second-order valence-electron chi connectivity index (χ2n) is 6.15. The molecule has 2 unspecified atom stereocenters. The van der Waals surface area contributed by atoms with Crippen LogP contribution in [-0.4, -0.2) is 37.5 Å². The average Bonchev–Trinajstić information content (AvgIpc) is 2.38. The SMILES string of the molecule is CC(C)C(CN(C)C)NC(=O)C(C)(N)c1ccccc1.